The van der Waals surface area contributed by atoms with E-state index in [-0.39, 0.29) is 5.91 Å². The van der Waals surface area contributed by atoms with Gasteiger partial charge in [0.1, 0.15) is 11.6 Å². The van der Waals surface area contributed by atoms with E-state index in [1.165, 1.54) is 18.2 Å². The number of rotatable bonds is 5. The third kappa shape index (κ3) is 3.83. The molecule has 2 heterocycles. The molecule has 0 saturated carbocycles. The number of pyridine rings is 1. The monoisotopic (exact) mass is 310 g/mol. The van der Waals surface area contributed by atoms with Crippen LogP contribution in [0.15, 0.2) is 71.6 Å². The molecule has 0 aliphatic heterocycles. The second-order valence-corrected chi connectivity index (χ2v) is 5.11. The molecule has 0 N–H and O–H groups in total. The highest BCUT2D eigenvalue weighted by molar-refractivity contribution is 5.94. The van der Waals surface area contributed by atoms with Crippen LogP contribution in [0.5, 0.6) is 0 Å². The molecule has 23 heavy (non-hydrogen) atoms. The molecule has 0 atom stereocenters. The Morgan fingerprint density at radius 3 is 2.74 bits per heavy atom. The minimum absolute atomic E-state index is 0.259. The largest absolute Gasteiger partial charge is 0.467 e. The van der Waals surface area contributed by atoms with Crippen LogP contribution in [-0.4, -0.2) is 15.8 Å². The number of furan rings is 1. The molecule has 0 aliphatic carbocycles. The van der Waals surface area contributed by atoms with Gasteiger partial charge in [-0.15, -0.1) is 0 Å². The molecule has 3 aromatic rings. The maximum atomic E-state index is 13.4. The number of aromatic nitrogens is 1. The van der Waals surface area contributed by atoms with Gasteiger partial charge in [-0.3, -0.25) is 9.78 Å². The molecule has 3 rings (SSSR count). The van der Waals surface area contributed by atoms with Crippen molar-refractivity contribution >= 4 is 5.91 Å². The lowest BCUT2D eigenvalue weighted by molar-refractivity contribution is 0.0717. The number of amides is 1. The smallest absolute Gasteiger partial charge is 0.254 e. The average Bonchev–Trinajstić information content (AvgIpc) is 3.08. The highest BCUT2D eigenvalue weighted by Crippen LogP contribution is 2.15. The van der Waals surface area contributed by atoms with Crippen LogP contribution in [0.25, 0.3) is 0 Å². The molecule has 0 bridgehead atoms. The van der Waals surface area contributed by atoms with Crippen molar-refractivity contribution < 1.29 is 13.6 Å². The van der Waals surface area contributed by atoms with Gasteiger partial charge in [-0.1, -0.05) is 12.1 Å². The first kappa shape index (κ1) is 15.0. The number of carbonyl (C=O) groups is 1. The molecule has 0 fully saturated rings. The van der Waals surface area contributed by atoms with Crippen molar-refractivity contribution in [2.75, 3.05) is 0 Å². The SMILES string of the molecule is O=C(c1cccc(F)c1)N(Cc1cccnc1)Cc1ccco1. The molecule has 1 amide bonds. The summed E-state index contributed by atoms with van der Waals surface area (Å²) in [5.74, 6) is -0.0291. The topological polar surface area (TPSA) is 46.3 Å². The molecule has 2 aromatic heterocycles. The summed E-state index contributed by atoms with van der Waals surface area (Å²) in [5.41, 5.74) is 1.20. The lowest BCUT2D eigenvalue weighted by Crippen LogP contribution is -2.30. The molecule has 5 heteroatoms. The van der Waals surface area contributed by atoms with E-state index in [4.69, 9.17) is 4.42 Å². The van der Waals surface area contributed by atoms with E-state index >= 15 is 0 Å². The Kier molecular flexibility index (Phi) is 4.47. The zero-order valence-electron chi connectivity index (χ0n) is 12.4. The number of halogens is 1. The van der Waals surface area contributed by atoms with Gasteiger partial charge in [0.2, 0.25) is 0 Å². The summed E-state index contributed by atoms with van der Waals surface area (Å²) in [5, 5.41) is 0. The van der Waals surface area contributed by atoms with Gasteiger partial charge in [0.15, 0.2) is 0 Å². The van der Waals surface area contributed by atoms with Crippen LogP contribution in [-0.2, 0) is 13.1 Å². The van der Waals surface area contributed by atoms with Crippen molar-refractivity contribution in [3.05, 3.63) is 89.9 Å². The summed E-state index contributed by atoms with van der Waals surface area (Å²) >= 11 is 0. The van der Waals surface area contributed by atoms with E-state index in [1.807, 2.05) is 12.1 Å². The minimum atomic E-state index is -0.435. The summed E-state index contributed by atoms with van der Waals surface area (Å²) in [6.45, 7) is 0.668. The fourth-order valence-corrected chi connectivity index (χ4v) is 2.31. The molecule has 1 aromatic carbocycles. The first-order valence-electron chi connectivity index (χ1n) is 7.18. The summed E-state index contributed by atoms with van der Waals surface area (Å²) < 4.78 is 18.7. The van der Waals surface area contributed by atoms with E-state index in [9.17, 15) is 9.18 Å². The Bertz CT molecular complexity index is 773. The minimum Gasteiger partial charge on any atom is -0.467 e. The molecule has 0 saturated heterocycles. The van der Waals surface area contributed by atoms with Crippen molar-refractivity contribution in [3.63, 3.8) is 0 Å². The second-order valence-electron chi connectivity index (χ2n) is 5.11. The van der Waals surface area contributed by atoms with Gasteiger partial charge in [0.25, 0.3) is 5.91 Å². The van der Waals surface area contributed by atoms with Gasteiger partial charge < -0.3 is 9.32 Å². The van der Waals surface area contributed by atoms with Crippen LogP contribution in [0.4, 0.5) is 4.39 Å². The molecular weight excluding hydrogens is 295 g/mol. The summed E-state index contributed by atoms with van der Waals surface area (Å²) in [6.07, 6.45) is 4.94. The predicted molar refractivity (Wildman–Crippen MR) is 82.9 cm³/mol. The Morgan fingerprint density at radius 1 is 1.13 bits per heavy atom. The number of hydrogen-bond acceptors (Lipinski definition) is 3. The zero-order valence-corrected chi connectivity index (χ0v) is 12.4. The van der Waals surface area contributed by atoms with Crippen LogP contribution in [0.2, 0.25) is 0 Å². The van der Waals surface area contributed by atoms with Gasteiger partial charge in [-0.2, -0.15) is 0 Å². The Morgan fingerprint density at radius 2 is 2.04 bits per heavy atom. The maximum Gasteiger partial charge on any atom is 0.254 e. The lowest BCUT2D eigenvalue weighted by atomic mass is 10.1. The zero-order chi connectivity index (χ0) is 16.1. The molecule has 4 nitrogen and oxygen atoms in total. The van der Waals surface area contributed by atoms with E-state index < -0.39 is 5.82 Å². The number of hydrogen-bond donors (Lipinski definition) is 0. The van der Waals surface area contributed by atoms with E-state index in [1.54, 1.807) is 41.8 Å². The molecule has 116 valence electrons. The van der Waals surface area contributed by atoms with Crippen molar-refractivity contribution in [1.82, 2.24) is 9.88 Å². The van der Waals surface area contributed by atoms with Crippen molar-refractivity contribution in [3.8, 4) is 0 Å². The normalized spacial score (nSPS) is 10.5. The average molecular weight is 310 g/mol. The number of nitrogens with zero attached hydrogens (tertiary/aromatic N) is 2. The highest BCUT2D eigenvalue weighted by Gasteiger charge is 2.18. The molecule has 0 aliphatic rings. The van der Waals surface area contributed by atoms with Crippen molar-refractivity contribution in [2.45, 2.75) is 13.1 Å². The lowest BCUT2D eigenvalue weighted by Gasteiger charge is -2.22. The van der Waals surface area contributed by atoms with Crippen LogP contribution in [0.3, 0.4) is 0 Å². The van der Waals surface area contributed by atoms with Crippen LogP contribution in [0, 0.1) is 5.82 Å². The Hall–Kier alpha value is -2.95. The number of benzene rings is 1. The van der Waals surface area contributed by atoms with Gasteiger partial charge >= 0.3 is 0 Å². The maximum absolute atomic E-state index is 13.4. The highest BCUT2D eigenvalue weighted by atomic mass is 19.1. The fraction of sp³-hybridized carbons (Fsp3) is 0.111. The molecule has 0 unspecified atom stereocenters. The van der Waals surface area contributed by atoms with Crippen molar-refractivity contribution in [1.29, 1.82) is 0 Å². The quantitative estimate of drug-likeness (QED) is 0.722. The van der Waals surface area contributed by atoms with Crippen LogP contribution in [0.1, 0.15) is 21.7 Å². The first-order valence-corrected chi connectivity index (χ1v) is 7.18. The molecular formula is C18H15FN2O2. The van der Waals surface area contributed by atoms with E-state index in [2.05, 4.69) is 4.98 Å². The standard InChI is InChI=1S/C18H15FN2O2/c19-16-6-1-5-15(10-16)18(22)21(13-17-7-3-9-23-17)12-14-4-2-8-20-11-14/h1-11H,12-13H2. The summed E-state index contributed by atoms with van der Waals surface area (Å²) in [7, 11) is 0. The van der Waals surface area contributed by atoms with Gasteiger partial charge in [0, 0.05) is 24.5 Å². The summed E-state index contributed by atoms with van der Waals surface area (Å²) in [4.78, 5) is 18.4. The Labute approximate surface area is 133 Å². The third-order valence-electron chi connectivity index (χ3n) is 3.38. The molecule has 0 radical (unpaired) electrons. The Balaban J connectivity index is 1.86. The summed E-state index contributed by atoms with van der Waals surface area (Å²) in [6, 6.07) is 12.9. The molecule has 0 spiro atoms. The van der Waals surface area contributed by atoms with Crippen LogP contribution >= 0.6 is 0 Å². The van der Waals surface area contributed by atoms with E-state index in [0.29, 0.717) is 24.4 Å². The van der Waals surface area contributed by atoms with Crippen molar-refractivity contribution in [2.24, 2.45) is 0 Å². The van der Waals surface area contributed by atoms with E-state index in [0.717, 1.165) is 5.56 Å². The second kappa shape index (κ2) is 6.87. The predicted octanol–water partition coefficient (Wildman–Crippen LogP) is 3.66. The van der Waals surface area contributed by atoms with Gasteiger partial charge in [0.05, 0.1) is 12.8 Å². The van der Waals surface area contributed by atoms with Gasteiger partial charge in [-0.05, 0) is 42.0 Å². The van der Waals surface area contributed by atoms with Crippen LogP contribution < -0.4 is 0 Å². The third-order valence-corrected chi connectivity index (χ3v) is 3.38. The number of carbonyl (C=O) groups excluding carboxylic acids is 1. The van der Waals surface area contributed by atoms with Gasteiger partial charge in [-0.25, -0.2) is 4.39 Å². The fourth-order valence-electron chi connectivity index (χ4n) is 2.31. The first-order chi connectivity index (χ1) is 11.2.